The smallest absolute Gasteiger partial charge is 0 e. The Bertz CT molecular complexity index is 116. The molecule has 0 nitrogen and oxygen atoms in total. The van der Waals surface area contributed by atoms with Crippen LogP contribution in [0.15, 0.2) is 0 Å². The van der Waals surface area contributed by atoms with Gasteiger partial charge in [-0.2, -0.15) is 0 Å². The van der Waals surface area contributed by atoms with Crippen molar-refractivity contribution in [3.63, 3.8) is 0 Å². The van der Waals surface area contributed by atoms with Crippen LogP contribution >= 0.6 is 0 Å². The monoisotopic (exact) mass is 167 g/mol. The summed E-state index contributed by atoms with van der Waals surface area (Å²) >= 11 is 0. The van der Waals surface area contributed by atoms with E-state index >= 15 is 0 Å². The van der Waals surface area contributed by atoms with E-state index in [1.807, 2.05) is 0 Å². The van der Waals surface area contributed by atoms with Crippen LogP contribution < -0.4 is 0 Å². The fourth-order valence-corrected chi connectivity index (χ4v) is 1.12. The molecule has 0 aliphatic carbocycles. The maximum Gasteiger partial charge on any atom is 0 e. The Hall–Kier alpha value is 0.0649. The molecule has 0 saturated carbocycles. The van der Waals surface area contributed by atoms with Crippen LogP contribution in [0.5, 0.6) is 0 Å². The second-order valence-electron chi connectivity index (χ2n) is 6.12. The predicted molar refractivity (Wildman–Crippen MR) is 58.4 cm³/mol. The third-order valence-electron chi connectivity index (χ3n) is 3.75. The molecule has 71 valence electrons. The van der Waals surface area contributed by atoms with Gasteiger partial charge in [0.25, 0.3) is 0 Å². The number of hydrogen-bond donors (Lipinski definition) is 0. The van der Waals surface area contributed by atoms with Gasteiger partial charge in [-0.05, 0) is 16.2 Å². The van der Waals surface area contributed by atoms with E-state index in [0.717, 1.165) is 0 Å². The molecule has 0 aromatic heterocycles. The van der Waals surface area contributed by atoms with Crippen molar-refractivity contribution in [3.8, 4) is 0 Å². The molecule has 3 radical (unpaired) electrons. The largest absolute Gasteiger partial charge is 0.0596 e. The SMILES string of the molecule is CC(C)(C)C(C)(C)C(C)(C)C.[B]. The van der Waals surface area contributed by atoms with Crippen molar-refractivity contribution in [1.29, 1.82) is 0 Å². The summed E-state index contributed by atoms with van der Waals surface area (Å²) in [4.78, 5) is 0. The summed E-state index contributed by atoms with van der Waals surface area (Å²) in [6.07, 6.45) is 0. The van der Waals surface area contributed by atoms with Gasteiger partial charge in [0.1, 0.15) is 0 Å². The summed E-state index contributed by atoms with van der Waals surface area (Å²) in [6.45, 7) is 18.6. The Morgan fingerprint density at radius 3 is 0.667 bits per heavy atom. The van der Waals surface area contributed by atoms with E-state index in [-0.39, 0.29) is 8.41 Å². The first-order valence-electron chi connectivity index (χ1n) is 4.50. The van der Waals surface area contributed by atoms with E-state index in [1.165, 1.54) is 0 Å². The van der Waals surface area contributed by atoms with Crippen LogP contribution in [-0.4, -0.2) is 8.41 Å². The minimum atomic E-state index is 0. The van der Waals surface area contributed by atoms with Crippen LogP contribution in [0.4, 0.5) is 0 Å². The molecule has 0 aliphatic rings. The first-order valence-corrected chi connectivity index (χ1v) is 4.50. The highest BCUT2D eigenvalue weighted by Gasteiger charge is 2.42. The predicted octanol–water partition coefficient (Wildman–Crippen LogP) is 3.72. The minimum Gasteiger partial charge on any atom is -0.0596 e. The quantitative estimate of drug-likeness (QED) is 0.482. The molecule has 0 unspecified atom stereocenters. The fraction of sp³-hybridized carbons (Fsp3) is 1.00. The molecule has 0 aromatic rings. The highest BCUT2D eigenvalue weighted by atomic mass is 14.5. The van der Waals surface area contributed by atoms with Gasteiger partial charge in [-0.1, -0.05) is 55.4 Å². The third-order valence-corrected chi connectivity index (χ3v) is 3.75. The lowest BCUT2D eigenvalue weighted by Crippen LogP contribution is -2.41. The zero-order chi connectivity index (χ0) is 9.50. The lowest BCUT2D eigenvalue weighted by atomic mass is 9.56. The summed E-state index contributed by atoms with van der Waals surface area (Å²) in [5, 5.41) is 0. The maximum atomic E-state index is 2.35. The van der Waals surface area contributed by atoms with E-state index < -0.39 is 0 Å². The summed E-state index contributed by atoms with van der Waals surface area (Å²) in [5.74, 6) is 0. The van der Waals surface area contributed by atoms with E-state index in [2.05, 4.69) is 55.4 Å². The second kappa shape index (κ2) is 3.43. The standard InChI is InChI=1S/C11H24.B/c1-9(2,3)11(7,8)10(4,5)6;/h1-8H3;. The Morgan fingerprint density at radius 2 is 0.667 bits per heavy atom. The van der Waals surface area contributed by atoms with Crippen molar-refractivity contribution < 1.29 is 0 Å². The van der Waals surface area contributed by atoms with Crippen LogP contribution in [0, 0.1) is 16.2 Å². The van der Waals surface area contributed by atoms with Gasteiger partial charge in [0.05, 0.1) is 0 Å². The van der Waals surface area contributed by atoms with E-state index in [1.54, 1.807) is 0 Å². The molecule has 12 heavy (non-hydrogen) atoms. The van der Waals surface area contributed by atoms with Crippen molar-refractivity contribution in [2.45, 2.75) is 55.4 Å². The number of hydrogen-bond acceptors (Lipinski definition) is 0. The van der Waals surface area contributed by atoms with Gasteiger partial charge in [-0.3, -0.25) is 0 Å². The molecule has 0 aliphatic heterocycles. The Balaban J connectivity index is 0. The molecule has 0 N–H and O–H groups in total. The second-order valence-corrected chi connectivity index (χ2v) is 6.12. The van der Waals surface area contributed by atoms with Gasteiger partial charge in [-0.25, -0.2) is 0 Å². The topological polar surface area (TPSA) is 0 Å². The molecule has 0 heterocycles. The lowest BCUT2D eigenvalue weighted by molar-refractivity contribution is 0.00575. The Labute approximate surface area is 80.7 Å². The lowest BCUT2D eigenvalue weighted by Gasteiger charge is -2.49. The first-order chi connectivity index (χ1) is 4.50. The molecule has 0 rings (SSSR count). The molecule has 0 atom stereocenters. The van der Waals surface area contributed by atoms with Gasteiger partial charge >= 0.3 is 0 Å². The average molecular weight is 167 g/mol. The molecular formula is C11H24B. The summed E-state index contributed by atoms with van der Waals surface area (Å²) in [5.41, 5.74) is 1.14. The average Bonchev–Trinajstić information content (AvgIpc) is 1.58. The summed E-state index contributed by atoms with van der Waals surface area (Å²) in [7, 11) is 0. The third kappa shape index (κ3) is 2.53. The molecule has 0 spiro atoms. The van der Waals surface area contributed by atoms with E-state index in [9.17, 15) is 0 Å². The van der Waals surface area contributed by atoms with Gasteiger partial charge in [0.2, 0.25) is 0 Å². The van der Waals surface area contributed by atoms with Gasteiger partial charge in [-0.15, -0.1) is 0 Å². The van der Waals surface area contributed by atoms with E-state index in [4.69, 9.17) is 0 Å². The molecule has 0 amide bonds. The highest BCUT2D eigenvalue weighted by molar-refractivity contribution is 5.75. The van der Waals surface area contributed by atoms with Gasteiger partial charge in [0, 0.05) is 8.41 Å². The van der Waals surface area contributed by atoms with Crippen molar-refractivity contribution in [2.24, 2.45) is 16.2 Å². The fourth-order valence-electron chi connectivity index (χ4n) is 1.12. The summed E-state index contributed by atoms with van der Waals surface area (Å²) < 4.78 is 0. The Morgan fingerprint density at radius 1 is 0.500 bits per heavy atom. The van der Waals surface area contributed by atoms with Crippen LogP contribution in [0.1, 0.15) is 55.4 Å². The zero-order valence-corrected chi connectivity index (χ0v) is 10.1. The summed E-state index contributed by atoms with van der Waals surface area (Å²) in [6, 6.07) is 0. The molecule has 1 heteroatoms. The van der Waals surface area contributed by atoms with Crippen molar-refractivity contribution >= 4 is 8.41 Å². The van der Waals surface area contributed by atoms with Gasteiger partial charge in [0.15, 0.2) is 0 Å². The molecule has 0 bridgehead atoms. The highest BCUT2D eigenvalue weighted by Crippen LogP contribution is 2.50. The molecule has 0 saturated heterocycles. The normalized spacial score (nSPS) is 14.0. The van der Waals surface area contributed by atoms with Crippen LogP contribution in [-0.2, 0) is 0 Å². The van der Waals surface area contributed by atoms with Crippen LogP contribution in [0.3, 0.4) is 0 Å². The van der Waals surface area contributed by atoms with Crippen molar-refractivity contribution in [2.75, 3.05) is 0 Å². The van der Waals surface area contributed by atoms with Gasteiger partial charge < -0.3 is 0 Å². The molecular weight excluding hydrogens is 143 g/mol. The maximum absolute atomic E-state index is 2.35. The first kappa shape index (κ1) is 14.6. The number of rotatable bonds is 0. The van der Waals surface area contributed by atoms with Crippen molar-refractivity contribution in [3.05, 3.63) is 0 Å². The zero-order valence-electron chi connectivity index (χ0n) is 10.1. The van der Waals surface area contributed by atoms with Crippen molar-refractivity contribution in [1.82, 2.24) is 0 Å². The molecule has 0 fully saturated rings. The van der Waals surface area contributed by atoms with Crippen LogP contribution in [0.25, 0.3) is 0 Å². The minimum absolute atomic E-state index is 0. The van der Waals surface area contributed by atoms with E-state index in [0.29, 0.717) is 16.2 Å². The Kier molecular flexibility index (Phi) is 4.17. The van der Waals surface area contributed by atoms with Crippen LogP contribution in [0.2, 0.25) is 0 Å². The molecule has 0 aromatic carbocycles.